The number of rotatable bonds is 6. The first-order valence-corrected chi connectivity index (χ1v) is 8.73. The van der Waals surface area contributed by atoms with E-state index < -0.39 is 0 Å². The van der Waals surface area contributed by atoms with Gasteiger partial charge in [-0.3, -0.25) is 9.48 Å². The Balaban J connectivity index is 0.00000312. The number of hydrogen-bond donors (Lipinski definition) is 2. The lowest BCUT2D eigenvalue weighted by atomic mass is 10.00. The highest BCUT2D eigenvalue weighted by Crippen LogP contribution is 2.15. The zero-order valence-corrected chi connectivity index (χ0v) is 17.7. The van der Waals surface area contributed by atoms with Crippen LogP contribution in [-0.4, -0.2) is 57.7 Å². The second-order valence-electron chi connectivity index (χ2n) is 6.26. The van der Waals surface area contributed by atoms with E-state index in [4.69, 9.17) is 0 Å². The first-order valence-electron chi connectivity index (χ1n) is 8.73. The number of piperidine rings is 1. The van der Waals surface area contributed by atoms with Crippen molar-refractivity contribution in [2.24, 2.45) is 18.0 Å². The standard InChI is InChI=1S/C16H29N7O.HI/c1-4-17-16(19-10-14-20-12-21-22(14)3)18-8-7-15(24)23-9-5-6-13(2)11-23;/h12-13H,4-11H2,1-3H3,(H2,17,18,19);1H. The Morgan fingerprint density at radius 3 is 2.88 bits per heavy atom. The minimum atomic E-state index is 0. The van der Waals surface area contributed by atoms with Gasteiger partial charge in [-0.05, 0) is 25.7 Å². The summed E-state index contributed by atoms with van der Waals surface area (Å²) >= 11 is 0. The topological polar surface area (TPSA) is 87.4 Å². The van der Waals surface area contributed by atoms with Crippen molar-refractivity contribution in [2.45, 2.75) is 39.7 Å². The Morgan fingerprint density at radius 2 is 2.24 bits per heavy atom. The molecule has 0 spiro atoms. The number of nitrogens with one attached hydrogen (secondary N) is 2. The van der Waals surface area contributed by atoms with Gasteiger partial charge in [0.1, 0.15) is 18.7 Å². The normalized spacial score (nSPS) is 17.8. The summed E-state index contributed by atoms with van der Waals surface area (Å²) in [7, 11) is 1.84. The SMILES string of the molecule is CCNC(=NCc1ncnn1C)NCCC(=O)N1CCCC(C)C1.I. The van der Waals surface area contributed by atoms with Gasteiger partial charge in [0, 0.05) is 39.6 Å². The molecule has 25 heavy (non-hydrogen) atoms. The van der Waals surface area contributed by atoms with Crippen molar-refractivity contribution in [3.05, 3.63) is 12.2 Å². The minimum absolute atomic E-state index is 0. The number of aliphatic imine (C=N–C) groups is 1. The van der Waals surface area contributed by atoms with Crippen molar-refractivity contribution < 1.29 is 4.79 Å². The van der Waals surface area contributed by atoms with Gasteiger partial charge in [0.2, 0.25) is 5.91 Å². The van der Waals surface area contributed by atoms with Crippen LogP contribution in [0.3, 0.4) is 0 Å². The van der Waals surface area contributed by atoms with Crippen molar-refractivity contribution in [3.63, 3.8) is 0 Å². The Kier molecular flexibility index (Phi) is 9.76. The van der Waals surface area contributed by atoms with Crippen molar-refractivity contribution >= 4 is 35.8 Å². The zero-order chi connectivity index (χ0) is 17.4. The second kappa shape index (κ2) is 11.3. The van der Waals surface area contributed by atoms with Crippen molar-refractivity contribution in [1.29, 1.82) is 0 Å². The third-order valence-corrected chi connectivity index (χ3v) is 4.17. The number of amides is 1. The van der Waals surface area contributed by atoms with Crippen molar-refractivity contribution in [1.82, 2.24) is 30.3 Å². The van der Waals surface area contributed by atoms with Crippen LogP contribution in [0.5, 0.6) is 0 Å². The van der Waals surface area contributed by atoms with Gasteiger partial charge in [-0.1, -0.05) is 6.92 Å². The van der Waals surface area contributed by atoms with Crippen LogP contribution in [0.4, 0.5) is 0 Å². The van der Waals surface area contributed by atoms with E-state index in [1.54, 1.807) is 4.68 Å². The quantitative estimate of drug-likeness (QED) is 0.376. The fourth-order valence-corrected chi connectivity index (χ4v) is 2.82. The fraction of sp³-hybridized carbons (Fsp3) is 0.750. The predicted octanol–water partition coefficient (Wildman–Crippen LogP) is 1.14. The molecule has 8 nitrogen and oxygen atoms in total. The molecule has 2 heterocycles. The summed E-state index contributed by atoms with van der Waals surface area (Å²) in [6, 6.07) is 0. The summed E-state index contributed by atoms with van der Waals surface area (Å²) in [6.45, 7) is 7.79. The van der Waals surface area contributed by atoms with Crippen molar-refractivity contribution in [2.75, 3.05) is 26.2 Å². The van der Waals surface area contributed by atoms with Crippen LogP contribution in [0.15, 0.2) is 11.3 Å². The number of aryl methyl sites for hydroxylation is 1. The van der Waals surface area contributed by atoms with Crippen LogP contribution in [0.2, 0.25) is 0 Å². The lowest BCUT2D eigenvalue weighted by Crippen LogP contribution is -2.42. The molecule has 1 saturated heterocycles. The van der Waals surface area contributed by atoms with Crippen LogP contribution in [0.1, 0.15) is 38.9 Å². The van der Waals surface area contributed by atoms with E-state index in [1.165, 1.54) is 12.7 Å². The largest absolute Gasteiger partial charge is 0.357 e. The molecule has 0 aromatic carbocycles. The molecule has 0 radical (unpaired) electrons. The molecular weight excluding hydrogens is 433 g/mol. The predicted molar refractivity (Wildman–Crippen MR) is 109 cm³/mol. The van der Waals surface area contributed by atoms with Gasteiger partial charge in [-0.2, -0.15) is 5.10 Å². The van der Waals surface area contributed by atoms with E-state index in [-0.39, 0.29) is 29.9 Å². The maximum atomic E-state index is 12.3. The average Bonchev–Trinajstić information content (AvgIpc) is 2.97. The lowest BCUT2D eigenvalue weighted by molar-refractivity contribution is -0.132. The third-order valence-electron chi connectivity index (χ3n) is 4.17. The third kappa shape index (κ3) is 7.17. The maximum Gasteiger partial charge on any atom is 0.224 e. The number of guanidine groups is 1. The summed E-state index contributed by atoms with van der Waals surface area (Å²) in [5.74, 6) is 2.32. The van der Waals surface area contributed by atoms with E-state index in [0.29, 0.717) is 31.4 Å². The highest BCUT2D eigenvalue weighted by molar-refractivity contribution is 14.0. The van der Waals surface area contributed by atoms with Crippen LogP contribution < -0.4 is 10.6 Å². The number of hydrogen-bond acceptors (Lipinski definition) is 4. The van der Waals surface area contributed by atoms with Gasteiger partial charge in [0.25, 0.3) is 0 Å². The summed E-state index contributed by atoms with van der Waals surface area (Å²) in [5, 5.41) is 10.4. The molecule has 0 saturated carbocycles. The Hall–Kier alpha value is -1.39. The molecule has 1 aliphatic heterocycles. The molecule has 9 heteroatoms. The summed E-state index contributed by atoms with van der Waals surface area (Å²) < 4.78 is 1.70. The Bertz CT molecular complexity index is 560. The smallest absolute Gasteiger partial charge is 0.224 e. The average molecular weight is 463 g/mol. The highest BCUT2D eigenvalue weighted by Gasteiger charge is 2.20. The monoisotopic (exact) mass is 463 g/mol. The molecule has 142 valence electrons. The van der Waals surface area contributed by atoms with Crippen LogP contribution in [-0.2, 0) is 18.4 Å². The molecule has 2 N–H and O–H groups in total. The van der Waals surface area contributed by atoms with Crippen molar-refractivity contribution in [3.8, 4) is 0 Å². The van der Waals surface area contributed by atoms with Crippen LogP contribution in [0.25, 0.3) is 0 Å². The lowest BCUT2D eigenvalue weighted by Gasteiger charge is -2.31. The van der Waals surface area contributed by atoms with Gasteiger partial charge in [-0.15, -0.1) is 24.0 Å². The number of likely N-dealkylation sites (tertiary alicyclic amines) is 1. The summed E-state index contributed by atoms with van der Waals surface area (Å²) in [6.07, 6.45) is 4.34. The van der Waals surface area contributed by atoms with Gasteiger partial charge < -0.3 is 15.5 Å². The number of nitrogens with zero attached hydrogens (tertiary/aromatic N) is 5. The number of aromatic nitrogens is 3. The highest BCUT2D eigenvalue weighted by atomic mass is 127. The molecule has 2 rings (SSSR count). The van der Waals surface area contributed by atoms with E-state index in [1.807, 2.05) is 18.9 Å². The zero-order valence-electron chi connectivity index (χ0n) is 15.4. The fourth-order valence-electron chi connectivity index (χ4n) is 2.82. The molecule has 1 unspecified atom stereocenters. The first kappa shape index (κ1) is 21.7. The molecule has 1 aromatic rings. The van der Waals surface area contributed by atoms with E-state index in [2.05, 4.69) is 32.6 Å². The van der Waals surface area contributed by atoms with Gasteiger partial charge >= 0.3 is 0 Å². The number of carbonyl (C=O) groups excluding carboxylic acids is 1. The van der Waals surface area contributed by atoms with Gasteiger partial charge in [0.05, 0.1) is 0 Å². The maximum absolute atomic E-state index is 12.3. The molecule has 0 aliphatic carbocycles. The van der Waals surface area contributed by atoms with Crippen LogP contribution in [0, 0.1) is 5.92 Å². The summed E-state index contributed by atoms with van der Waals surface area (Å²) in [5.41, 5.74) is 0. The Labute approximate surface area is 166 Å². The molecule has 1 aliphatic rings. The molecule has 0 bridgehead atoms. The van der Waals surface area contributed by atoms with Gasteiger partial charge in [0.15, 0.2) is 5.96 Å². The van der Waals surface area contributed by atoms with E-state index in [0.717, 1.165) is 31.9 Å². The second-order valence-corrected chi connectivity index (χ2v) is 6.26. The summed E-state index contributed by atoms with van der Waals surface area (Å²) in [4.78, 5) is 22.9. The molecule has 1 amide bonds. The molecular formula is C16H30IN7O. The molecule has 1 atom stereocenters. The Morgan fingerprint density at radius 1 is 1.44 bits per heavy atom. The van der Waals surface area contributed by atoms with Crippen LogP contribution >= 0.6 is 24.0 Å². The first-order chi connectivity index (χ1) is 11.6. The molecule has 1 aromatic heterocycles. The minimum Gasteiger partial charge on any atom is -0.357 e. The van der Waals surface area contributed by atoms with Gasteiger partial charge in [-0.25, -0.2) is 9.98 Å². The number of carbonyl (C=O) groups is 1. The van der Waals surface area contributed by atoms with E-state index in [9.17, 15) is 4.79 Å². The molecule has 1 fully saturated rings. The van der Waals surface area contributed by atoms with E-state index >= 15 is 0 Å². The number of halogens is 1.